The van der Waals surface area contributed by atoms with Crippen LogP contribution in [0.2, 0.25) is 0 Å². The summed E-state index contributed by atoms with van der Waals surface area (Å²) in [6, 6.07) is 10.9. The molecule has 1 aromatic carbocycles. The maximum absolute atomic E-state index is 5.29. The Kier molecular flexibility index (Phi) is 3.39. The number of imidazole rings is 2. The summed E-state index contributed by atoms with van der Waals surface area (Å²) in [5.41, 5.74) is 5.10. The highest BCUT2D eigenvalue weighted by Crippen LogP contribution is 2.69. The van der Waals surface area contributed by atoms with Crippen LogP contribution in [0.3, 0.4) is 0 Å². The number of aromatic nitrogens is 4. The highest BCUT2D eigenvalue weighted by molar-refractivity contribution is 6.01. The zero-order valence-corrected chi connectivity index (χ0v) is 17.6. The van der Waals surface area contributed by atoms with Crippen LogP contribution in [0.4, 0.5) is 0 Å². The van der Waals surface area contributed by atoms with E-state index < -0.39 is 0 Å². The van der Waals surface area contributed by atoms with Crippen molar-refractivity contribution in [3.05, 3.63) is 90.6 Å². The second kappa shape index (κ2) is 6.07. The quantitative estimate of drug-likeness (QED) is 0.441. The van der Waals surface area contributed by atoms with Crippen LogP contribution < -0.4 is 0 Å². The maximum Gasteiger partial charge on any atom is 0.113 e. The van der Waals surface area contributed by atoms with E-state index in [-0.39, 0.29) is 5.41 Å². The molecule has 3 atom stereocenters. The summed E-state index contributed by atoms with van der Waals surface area (Å²) in [5.74, 6) is 2.07. The standard InChI is InChI=1S/C27H24N4/c1-2-3-10-23-29-25(26-19-8-5-4-7-18(19)11-15-31(23)26)20-9-6-13-27-21(24(20)27)12-14-30-17-28-16-22(27)30/h4-9,11-17,21,24H,2-3,10H2,1H3. The number of hydrogen-bond donors (Lipinski definition) is 0. The Morgan fingerprint density at radius 3 is 3.03 bits per heavy atom. The number of benzene rings is 1. The van der Waals surface area contributed by atoms with E-state index in [0.717, 1.165) is 18.5 Å². The fourth-order valence-corrected chi connectivity index (χ4v) is 5.99. The van der Waals surface area contributed by atoms with Crippen molar-refractivity contribution in [1.29, 1.82) is 0 Å². The van der Waals surface area contributed by atoms with E-state index in [2.05, 4.69) is 87.9 Å². The normalized spacial score (nSPS) is 25.4. The van der Waals surface area contributed by atoms with Crippen LogP contribution in [0, 0.1) is 11.8 Å². The minimum Gasteiger partial charge on any atom is -0.309 e. The second-order valence-corrected chi connectivity index (χ2v) is 9.05. The first-order chi connectivity index (χ1) is 15.3. The van der Waals surface area contributed by atoms with Gasteiger partial charge in [0.1, 0.15) is 5.82 Å². The topological polar surface area (TPSA) is 35.1 Å². The predicted molar refractivity (Wildman–Crippen MR) is 125 cm³/mol. The summed E-state index contributed by atoms with van der Waals surface area (Å²) in [5, 5.41) is 2.55. The van der Waals surface area contributed by atoms with E-state index in [1.807, 2.05) is 12.5 Å². The molecule has 2 aliphatic carbocycles. The van der Waals surface area contributed by atoms with Crippen LogP contribution in [0.15, 0.2) is 73.4 Å². The zero-order chi connectivity index (χ0) is 20.6. The third-order valence-corrected chi connectivity index (χ3v) is 7.49. The van der Waals surface area contributed by atoms with Crippen molar-refractivity contribution >= 4 is 28.1 Å². The third kappa shape index (κ3) is 2.15. The predicted octanol–water partition coefficient (Wildman–Crippen LogP) is 5.65. The van der Waals surface area contributed by atoms with E-state index in [4.69, 9.17) is 4.98 Å². The van der Waals surface area contributed by atoms with Crippen LogP contribution in [-0.4, -0.2) is 18.9 Å². The van der Waals surface area contributed by atoms with Gasteiger partial charge in [-0.2, -0.15) is 0 Å². The maximum atomic E-state index is 5.29. The molecule has 3 unspecified atom stereocenters. The smallest absolute Gasteiger partial charge is 0.113 e. The molecule has 0 bridgehead atoms. The first-order valence-corrected chi connectivity index (χ1v) is 11.3. The van der Waals surface area contributed by atoms with E-state index in [1.54, 1.807) is 0 Å². The lowest BCUT2D eigenvalue weighted by atomic mass is 9.88. The Morgan fingerprint density at radius 2 is 2.10 bits per heavy atom. The lowest BCUT2D eigenvalue weighted by molar-refractivity contribution is 0.732. The van der Waals surface area contributed by atoms with Gasteiger partial charge in [0.05, 0.1) is 23.2 Å². The van der Waals surface area contributed by atoms with E-state index >= 15 is 0 Å². The minimum atomic E-state index is 0.0272. The van der Waals surface area contributed by atoms with Gasteiger partial charge in [-0.25, -0.2) is 9.97 Å². The van der Waals surface area contributed by atoms with Gasteiger partial charge in [0.15, 0.2) is 0 Å². The molecule has 1 aliphatic heterocycles. The van der Waals surface area contributed by atoms with Crippen molar-refractivity contribution in [3.63, 3.8) is 0 Å². The average Bonchev–Trinajstić information content (AvgIpc) is 3.10. The molecule has 0 radical (unpaired) electrons. The molecule has 0 amide bonds. The lowest BCUT2D eigenvalue weighted by Gasteiger charge is -2.20. The van der Waals surface area contributed by atoms with Gasteiger partial charge in [0.25, 0.3) is 0 Å². The van der Waals surface area contributed by atoms with Crippen LogP contribution in [0.5, 0.6) is 0 Å². The van der Waals surface area contributed by atoms with Gasteiger partial charge < -0.3 is 8.97 Å². The van der Waals surface area contributed by atoms with Crippen molar-refractivity contribution in [1.82, 2.24) is 18.9 Å². The molecule has 1 saturated carbocycles. The molecule has 3 aromatic heterocycles. The van der Waals surface area contributed by atoms with Gasteiger partial charge in [-0.3, -0.25) is 0 Å². The Balaban J connectivity index is 1.46. The molecule has 1 fully saturated rings. The molecule has 7 rings (SSSR count). The SMILES string of the molecule is CCCCc1nc(C2=CC=CC34c5cncn5C=CC3C24)c2c3ccccc3ccn12. The number of pyridine rings is 1. The third-order valence-electron chi connectivity index (χ3n) is 7.49. The summed E-state index contributed by atoms with van der Waals surface area (Å²) in [6.07, 6.45) is 21.0. The number of nitrogens with zero attached hydrogens (tertiary/aromatic N) is 4. The van der Waals surface area contributed by atoms with Gasteiger partial charge in [-0.05, 0) is 23.4 Å². The molecule has 1 spiro atoms. The van der Waals surface area contributed by atoms with Crippen LogP contribution in [0.25, 0.3) is 28.1 Å². The van der Waals surface area contributed by atoms with Crippen molar-refractivity contribution < 1.29 is 0 Å². The fraction of sp³-hybridized carbons (Fsp3) is 0.259. The first kappa shape index (κ1) is 17.3. The summed E-state index contributed by atoms with van der Waals surface area (Å²) in [6.45, 7) is 2.24. The van der Waals surface area contributed by atoms with Gasteiger partial charge in [0, 0.05) is 47.7 Å². The molecule has 4 aromatic rings. The summed E-state index contributed by atoms with van der Waals surface area (Å²) in [4.78, 5) is 9.72. The highest BCUT2D eigenvalue weighted by atomic mass is 15.1. The van der Waals surface area contributed by atoms with Crippen molar-refractivity contribution in [2.75, 3.05) is 0 Å². The number of fused-ring (bicyclic) bond motifs is 5. The van der Waals surface area contributed by atoms with Crippen LogP contribution in [0.1, 0.15) is 37.0 Å². The molecule has 4 heterocycles. The van der Waals surface area contributed by atoms with Crippen LogP contribution in [-0.2, 0) is 11.8 Å². The highest BCUT2D eigenvalue weighted by Gasteiger charge is 2.67. The van der Waals surface area contributed by atoms with Crippen molar-refractivity contribution in [2.24, 2.45) is 11.8 Å². The fourth-order valence-electron chi connectivity index (χ4n) is 5.99. The average molecular weight is 405 g/mol. The Bertz CT molecular complexity index is 1450. The van der Waals surface area contributed by atoms with Gasteiger partial charge in [0.2, 0.25) is 0 Å². The Hall–Kier alpha value is -3.40. The lowest BCUT2D eigenvalue weighted by Crippen LogP contribution is -2.16. The summed E-state index contributed by atoms with van der Waals surface area (Å²) >= 11 is 0. The zero-order valence-electron chi connectivity index (χ0n) is 17.6. The summed E-state index contributed by atoms with van der Waals surface area (Å²) < 4.78 is 4.52. The van der Waals surface area contributed by atoms with E-state index in [0.29, 0.717) is 11.8 Å². The number of hydrogen-bond acceptors (Lipinski definition) is 2. The van der Waals surface area contributed by atoms with Gasteiger partial charge in [-0.1, -0.05) is 61.9 Å². The number of allylic oxidation sites excluding steroid dienone is 5. The van der Waals surface area contributed by atoms with Gasteiger partial charge in [-0.15, -0.1) is 0 Å². The molecule has 152 valence electrons. The molecular weight excluding hydrogens is 380 g/mol. The van der Waals surface area contributed by atoms with Crippen LogP contribution >= 0.6 is 0 Å². The molecular formula is C27H24N4. The number of unbranched alkanes of at least 4 members (excludes halogenated alkanes) is 1. The van der Waals surface area contributed by atoms with E-state index in [1.165, 1.54) is 39.8 Å². The molecule has 0 saturated heterocycles. The second-order valence-electron chi connectivity index (χ2n) is 9.05. The summed E-state index contributed by atoms with van der Waals surface area (Å²) in [7, 11) is 0. The first-order valence-electron chi connectivity index (χ1n) is 11.3. The molecule has 4 heteroatoms. The largest absolute Gasteiger partial charge is 0.309 e. The minimum absolute atomic E-state index is 0.0272. The van der Waals surface area contributed by atoms with Crippen molar-refractivity contribution in [2.45, 2.75) is 31.6 Å². The Labute approximate surface area is 181 Å². The number of rotatable bonds is 4. The van der Waals surface area contributed by atoms with Crippen molar-refractivity contribution in [3.8, 4) is 0 Å². The molecule has 31 heavy (non-hydrogen) atoms. The number of aryl methyl sites for hydroxylation is 1. The van der Waals surface area contributed by atoms with Gasteiger partial charge >= 0.3 is 0 Å². The Morgan fingerprint density at radius 1 is 1.16 bits per heavy atom. The monoisotopic (exact) mass is 404 g/mol. The molecule has 4 nitrogen and oxygen atoms in total. The molecule has 3 aliphatic rings. The molecule has 0 N–H and O–H groups in total. The van der Waals surface area contributed by atoms with E-state index in [9.17, 15) is 0 Å².